The normalized spacial score (nSPS) is 10.1. The van der Waals surface area contributed by atoms with Crippen molar-refractivity contribution in [1.82, 2.24) is 5.32 Å². The third kappa shape index (κ3) is 5.97. The van der Waals surface area contributed by atoms with Crippen molar-refractivity contribution >= 4 is 40.5 Å². The zero-order valence-electron chi connectivity index (χ0n) is 15.2. The van der Waals surface area contributed by atoms with Gasteiger partial charge in [-0.25, -0.2) is 0 Å². The molecule has 0 aliphatic heterocycles. The molecule has 0 saturated heterocycles. The molecule has 0 heterocycles. The van der Waals surface area contributed by atoms with Gasteiger partial charge in [0.15, 0.2) is 5.11 Å². The molecule has 0 spiro atoms. The van der Waals surface area contributed by atoms with Gasteiger partial charge in [0.1, 0.15) is 0 Å². The number of rotatable bonds is 5. The molecule has 6 heteroatoms. The van der Waals surface area contributed by atoms with Crippen LogP contribution in [0.3, 0.4) is 0 Å². The minimum absolute atomic E-state index is 0.0321. The molecular formula is C20H23N3O2S. The Bertz CT molecular complexity index is 813. The number of thiocarbonyl (C=S) groups is 1. The minimum atomic E-state index is -0.262. The van der Waals surface area contributed by atoms with E-state index in [0.29, 0.717) is 23.4 Å². The smallest absolute Gasteiger partial charge is 0.257 e. The van der Waals surface area contributed by atoms with E-state index in [1.807, 2.05) is 45.0 Å². The summed E-state index contributed by atoms with van der Waals surface area (Å²) in [7, 11) is 0. The minimum Gasteiger partial charge on any atom is -0.332 e. The van der Waals surface area contributed by atoms with Crippen molar-refractivity contribution in [3.8, 4) is 0 Å². The first-order chi connectivity index (χ1) is 12.4. The van der Waals surface area contributed by atoms with Crippen molar-refractivity contribution < 1.29 is 9.59 Å². The third-order valence-corrected chi connectivity index (χ3v) is 3.80. The first-order valence-electron chi connectivity index (χ1n) is 8.48. The first kappa shape index (κ1) is 19.6. The van der Waals surface area contributed by atoms with Gasteiger partial charge < -0.3 is 10.6 Å². The van der Waals surface area contributed by atoms with Crippen LogP contribution in [0.25, 0.3) is 0 Å². The molecule has 0 unspecified atom stereocenters. The second kappa shape index (κ2) is 9.10. The molecule has 0 aromatic heterocycles. The van der Waals surface area contributed by atoms with E-state index in [1.165, 1.54) is 0 Å². The van der Waals surface area contributed by atoms with Gasteiger partial charge in [-0.2, -0.15) is 0 Å². The third-order valence-electron chi connectivity index (χ3n) is 3.59. The number of carbonyl (C=O) groups is 2. The van der Waals surface area contributed by atoms with Crippen molar-refractivity contribution in [3.63, 3.8) is 0 Å². The van der Waals surface area contributed by atoms with Crippen LogP contribution in [0.5, 0.6) is 0 Å². The van der Waals surface area contributed by atoms with E-state index >= 15 is 0 Å². The molecule has 2 aromatic carbocycles. The lowest BCUT2D eigenvalue weighted by Gasteiger charge is -2.12. The van der Waals surface area contributed by atoms with Crippen molar-refractivity contribution in [2.45, 2.75) is 33.6 Å². The fourth-order valence-electron chi connectivity index (χ4n) is 2.57. The van der Waals surface area contributed by atoms with Crippen LogP contribution in [0.15, 0.2) is 42.5 Å². The van der Waals surface area contributed by atoms with Crippen molar-refractivity contribution in [2.75, 3.05) is 10.6 Å². The van der Waals surface area contributed by atoms with Crippen LogP contribution >= 0.6 is 12.2 Å². The highest BCUT2D eigenvalue weighted by Gasteiger charge is 2.09. The number of amides is 2. The lowest BCUT2D eigenvalue weighted by Crippen LogP contribution is -2.34. The Hall–Kier alpha value is -2.73. The van der Waals surface area contributed by atoms with Crippen LogP contribution in [0, 0.1) is 13.8 Å². The van der Waals surface area contributed by atoms with Gasteiger partial charge in [0.25, 0.3) is 5.91 Å². The number of hydrogen-bond donors (Lipinski definition) is 3. The number of anilines is 2. The number of hydrogen-bond acceptors (Lipinski definition) is 3. The summed E-state index contributed by atoms with van der Waals surface area (Å²) in [5, 5.41) is 8.67. The van der Waals surface area contributed by atoms with E-state index in [0.717, 1.165) is 17.5 Å². The molecule has 0 aliphatic rings. The molecule has 0 atom stereocenters. The molecule has 26 heavy (non-hydrogen) atoms. The largest absolute Gasteiger partial charge is 0.332 e. The Morgan fingerprint density at radius 3 is 2.19 bits per heavy atom. The summed E-state index contributed by atoms with van der Waals surface area (Å²) in [6, 6.07) is 12.8. The van der Waals surface area contributed by atoms with Gasteiger partial charge in [-0.05, 0) is 62.8 Å². The van der Waals surface area contributed by atoms with E-state index in [1.54, 1.807) is 18.2 Å². The maximum atomic E-state index is 12.3. The predicted molar refractivity (Wildman–Crippen MR) is 110 cm³/mol. The summed E-state index contributed by atoms with van der Waals surface area (Å²) in [4.78, 5) is 24.0. The molecule has 3 N–H and O–H groups in total. The average Bonchev–Trinajstić information content (AvgIpc) is 2.54. The number of nitrogens with one attached hydrogen (secondary N) is 3. The van der Waals surface area contributed by atoms with Gasteiger partial charge in [0.05, 0.1) is 0 Å². The van der Waals surface area contributed by atoms with Crippen molar-refractivity contribution in [1.29, 1.82) is 0 Å². The molecule has 5 nitrogen and oxygen atoms in total. The summed E-state index contributed by atoms with van der Waals surface area (Å²) in [6.45, 7) is 5.84. The molecule has 2 amide bonds. The fourth-order valence-corrected chi connectivity index (χ4v) is 2.78. The Balaban J connectivity index is 1.99. The van der Waals surface area contributed by atoms with E-state index in [4.69, 9.17) is 12.2 Å². The van der Waals surface area contributed by atoms with Gasteiger partial charge in [0, 0.05) is 23.4 Å². The molecule has 2 rings (SSSR count). The molecule has 0 bridgehead atoms. The number of carbonyl (C=O) groups excluding carboxylic acids is 2. The topological polar surface area (TPSA) is 70.2 Å². The van der Waals surface area contributed by atoms with Crippen LogP contribution in [0.1, 0.15) is 41.3 Å². The standard InChI is InChI=1S/C20H23N3O2S/c1-4-6-18(24)21-16-7-5-8-17(12-16)22-20(26)23-19(25)15-10-13(2)9-14(3)11-15/h5,7-12H,4,6H2,1-3H3,(H,21,24)(H2,22,23,25,26). The summed E-state index contributed by atoms with van der Waals surface area (Å²) < 4.78 is 0. The molecule has 136 valence electrons. The average molecular weight is 369 g/mol. The van der Waals surface area contributed by atoms with Gasteiger partial charge in [-0.3, -0.25) is 14.9 Å². The molecular weight excluding hydrogens is 346 g/mol. The Morgan fingerprint density at radius 1 is 0.962 bits per heavy atom. The van der Waals surface area contributed by atoms with Crippen LogP contribution in [0.2, 0.25) is 0 Å². The SMILES string of the molecule is CCCC(=O)Nc1cccc(NC(=S)NC(=O)c2cc(C)cc(C)c2)c1. The molecule has 2 aromatic rings. The molecule has 0 radical (unpaired) electrons. The zero-order valence-corrected chi connectivity index (χ0v) is 16.0. The zero-order chi connectivity index (χ0) is 19.1. The van der Waals surface area contributed by atoms with Gasteiger partial charge in [0.2, 0.25) is 5.91 Å². The fraction of sp³-hybridized carbons (Fsp3) is 0.250. The van der Waals surface area contributed by atoms with E-state index in [-0.39, 0.29) is 16.9 Å². The molecule has 0 saturated carbocycles. The van der Waals surface area contributed by atoms with Crippen molar-refractivity contribution in [2.24, 2.45) is 0 Å². The maximum Gasteiger partial charge on any atom is 0.257 e. The van der Waals surface area contributed by atoms with Gasteiger partial charge >= 0.3 is 0 Å². The lowest BCUT2D eigenvalue weighted by molar-refractivity contribution is -0.116. The maximum absolute atomic E-state index is 12.3. The summed E-state index contributed by atoms with van der Waals surface area (Å²) in [5.41, 5.74) is 3.96. The quantitative estimate of drug-likeness (QED) is 0.692. The Morgan fingerprint density at radius 2 is 1.58 bits per heavy atom. The summed E-state index contributed by atoms with van der Waals surface area (Å²) >= 11 is 5.22. The van der Waals surface area contributed by atoms with Crippen LogP contribution in [0.4, 0.5) is 11.4 Å². The highest BCUT2D eigenvalue weighted by molar-refractivity contribution is 7.80. The highest BCUT2D eigenvalue weighted by atomic mass is 32.1. The second-order valence-corrected chi connectivity index (χ2v) is 6.57. The first-order valence-corrected chi connectivity index (χ1v) is 8.88. The summed E-state index contributed by atoms with van der Waals surface area (Å²) in [5.74, 6) is -0.294. The lowest BCUT2D eigenvalue weighted by atomic mass is 10.1. The highest BCUT2D eigenvalue weighted by Crippen LogP contribution is 2.15. The number of aryl methyl sites for hydroxylation is 2. The van der Waals surface area contributed by atoms with Gasteiger partial charge in [-0.1, -0.05) is 30.2 Å². The van der Waals surface area contributed by atoms with Crippen LogP contribution < -0.4 is 16.0 Å². The molecule has 0 aliphatic carbocycles. The Kier molecular flexibility index (Phi) is 6.86. The summed E-state index contributed by atoms with van der Waals surface area (Å²) in [6.07, 6.45) is 1.26. The van der Waals surface area contributed by atoms with Crippen LogP contribution in [-0.2, 0) is 4.79 Å². The van der Waals surface area contributed by atoms with Gasteiger partial charge in [-0.15, -0.1) is 0 Å². The second-order valence-electron chi connectivity index (χ2n) is 6.16. The predicted octanol–water partition coefficient (Wildman–Crippen LogP) is 4.17. The molecule has 0 fully saturated rings. The van der Waals surface area contributed by atoms with Crippen LogP contribution in [-0.4, -0.2) is 16.9 Å². The van der Waals surface area contributed by atoms with E-state index in [9.17, 15) is 9.59 Å². The van der Waals surface area contributed by atoms with Crippen molar-refractivity contribution in [3.05, 3.63) is 59.2 Å². The number of benzene rings is 2. The Labute approximate surface area is 159 Å². The monoisotopic (exact) mass is 369 g/mol. The van der Waals surface area contributed by atoms with E-state index < -0.39 is 0 Å². The van der Waals surface area contributed by atoms with E-state index in [2.05, 4.69) is 16.0 Å².